The zero-order valence-corrected chi connectivity index (χ0v) is 13.7. The van der Waals surface area contributed by atoms with E-state index in [0.717, 1.165) is 36.1 Å². The number of anilines is 3. The van der Waals surface area contributed by atoms with Crippen LogP contribution in [0, 0.1) is 6.92 Å². The number of rotatable bonds is 4. The average molecular weight is 320 g/mol. The second kappa shape index (κ2) is 6.31. The number of nitrogens with zero attached hydrogens (tertiary/aromatic N) is 5. The van der Waals surface area contributed by atoms with Crippen LogP contribution in [0.15, 0.2) is 48.9 Å². The number of aryl methyl sites for hydroxylation is 1. The molecule has 6 nitrogen and oxygen atoms in total. The largest absolute Gasteiger partial charge is 0.370 e. The highest BCUT2D eigenvalue weighted by atomic mass is 15.3. The highest BCUT2D eigenvalue weighted by Crippen LogP contribution is 2.21. The van der Waals surface area contributed by atoms with Gasteiger partial charge in [0.15, 0.2) is 5.82 Å². The quantitative estimate of drug-likeness (QED) is 0.799. The smallest absolute Gasteiger partial charge is 0.155 e. The molecule has 1 aliphatic heterocycles. The predicted molar refractivity (Wildman–Crippen MR) is 95.1 cm³/mol. The van der Waals surface area contributed by atoms with Gasteiger partial charge in [0, 0.05) is 19.3 Å². The van der Waals surface area contributed by atoms with Gasteiger partial charge in [-0.25, -0.2) is 14.6 Å². The van der Waals surface area contributed by atoms with Crippen molar-refractivity contribution in [1.29, 1.82) is 0 Å². The summed E-state index contributed by atoms with van der Waals surface area (Å²) < 4.78 is 1.77. The molecule has 0 saturated carbocycles. The van der Waals surface area contributed by atoms with Gasteiger partial charge in [-0.1, -0.05) is 6.07 Å². The Morgan fingerprint density at radius 1 is 1.00 bits per heavy atom. The first kappa shape index (κ1) is 14.7. The van der Waals surface area contributed by atoms with Crippen LogP contribution in [0.25, 0.3) is 5.82 Å². The maximum Gasteiger partial charge on any atom is 0.155 e. The van der Waals surface area contributed by atoms with Gasteiger partial charge in [-0.2, -0.15) is 5.10 Å². The molecular formula is C18H20N6. The second-order valence-electron chi connectivity index (χ2n) is 6.06. The van der Waals surface area contributed by atoms with Crippen LogP contribution in [0.5, 0.6) is 0 Å². The maximum atomic E-state index is 4.59. The van der Waals surface area contributed by atoms with Gasteiger partial charge >= 0.3 is 0 Å². The average Bonchev–Trinajstić information content (AvgIpc) is 3.28. The molecule has 1 saturated heterocycles. The summed E-state index contributed by atoms with van der Waals surface area (Å²) in [5, 5.41) is 7.55. The van der Waals surface area contributed by atoms with Crippen molar-refractivity contribution in [2.75, 3.05) is 23.3 Å². The third-order valence-electron chi connectivity index (χ3n) is 4.16. The van der Waals surface area contributed by atoms with Gasteiger partial charge in [0.05, 0.1) is 18.1 Å². The van der Waals surface area contributed by atoms with Gasteiger partial charge in [0.2, 0.25) is 0 Å². The molecule has 0 spiro atoms. The van der Waals surface area contributed by atoms with E-state index >= 15 is 0 Å². The van der Waals surface area contributed by atoms with E-state index in [0.29, 0.717) is 0 Å². The minimum Gasteiger partial charge on any atom is -0.370 e. The first-order valence-electron chi connectivity index (χ1n) is 8.25. The van der Waals surface area contributed by atoms with Crippen molar-refractivity contribution in [2.45, 2.75) is 19.8 Å². The Morgan fingerprint density at radius 2 is 1.88 bits per heavy atom. The Hall–Kier alpha value is -2.89. The van der Waals surface area contributed by atoms with Crippen molar-refractivity contribution in [3.05, 3.63) is 54.5 Å². The normalized spacial score (nSPS) is 14.1. The second-order valence-corrected chi connectivity index (χ2v) is 6.06. The molecule has 0 amide bonds. The molecule has 3 aromatic heterocycles. The van der Waals surface area contributed by atoms with E-state index < -0.39 is 0 Å². The topological polar surface area (TPSA) is 58.9 Å². The number of pyridine rings is 2. The molecule has 0 bridgehead atoms. The third-order valence-corrected chi connectivity index (χ3v) is 4.16. The van der Waals surface area contributed by atoms with E-state index in [2.05, 4.69) is 31.3 Å². The monoisotopic (exact) mass is 320 g/mol. The van der Waals surface area contributed by atoms with Crippen molar-refractivity contribution in [3.63, 3.8) is 0 Å². The summed E-state index contributed by atoms with van der Waals surface area (Å²) in [6.45, 7) is 4.26. The van der Waals surface area contributed by atoms with Crippen molar-refractivity contribution in [3.8, 4) is 5.82 Å². The van der Waals surface area contributed by atoms with Crippen LogP contribution in [0.1, 0.15) is 18.4 Å². The fraction of sp³-hybridized carbons (Fsp3) is 0.278. The fourth-order valence-corrected chi connectivity index (χ4v) is 2.91. The minimum atomic E-state index is 0.752. The van der Waals surface area contributed by atoms with Gasteiger partial charge in [-0.15, -0.1) is 0 Å². The van der Waals surface area contributed by atoms with Crippen molar-refractivity contribution in [2.24, 2.45) is 0 Å². The molecule has 24 heavy (non-hydrogen) atoms. The van der Waals surface area contributed by atoms with Gasteiger partial charge in [0.1, 0.15) is 11.6 Å². The molecule has 1 fully saturated rings. The molecular weight excluding hydrogens is 300 g/mol. The standard InChI is InChI=1S/C18H20N6/c1-14-11-20-24(13-14)18-6-4-5-17(22-18)21-16-8-7-15(12-19-16)23-9-2-3-10-23/h4-8,11-13H,2-3,9-10H2,1H3,(H,19,21,22). The minimum absolute atomic E-state index is 0.752. The molecule has 4 heterocycles. The lowest BCUT2D eigenvalue weighted by atomic mass is 10.3. The Bertz CT molecular complexity index is 818. The fourth-order valence-electron chi connectivity index (χ4n) is 2.91. The van der Waals surface area contributed by atoms with Crippen molar-refractivity contribution >= 4 is 17.3 Å². The summed E-state index contributed by atoms with van der Waals surface area (Å²) in [6, 6.07) is 9.93. The molecule has 0 radical (unpaired) electrons. The van der Waals surface area contributed by atoms with E-state index in [9.17, 15) is 0 Å². The van der Waals surface area contributed by atoms with Crippen LogP contribution in [-0.2, 0) is 0 Å². The Kier molecular flexibility index (Phi) is 3.86. The lowest BCUT2D eigenvalue weighted by Crippen LogP contribution is -2.17. The molecule has 0 aromatic carbocycles. The Balaban J connectivity index is 1.50. The molecule has 0 atom stereocenters. The number of hydrogen-bond acceptors (Lipinski definition) is 5. The molecule has 0 unspecified atom stereocenters. The summed E-state index contributed by atoms with van der Waals surface area (Å²) in [4.78, 5) is 11.5. The van der Waals surface area contributed by atoms with Gasteiger partial charge in [-0.05, 0) is 49.6 Å². The lowest BCUT2D eigenvalue weighted by Gasteiger charge is -2.17. The van der Waals surface area contributed by atoms with Crippen molar-refractivity contribution < 1.29 is 0 Å². The van der Waals surface area contributed by atoms with E-state index in [1.807, 2.05) is 49.8 Å². The Labute approximate surface area is 141 Å². The third kappa shape index (κ3) is 3.08. The summed E-state index contributed by atoms with van der Waals surface area (Å²) in [7, 11) is 0. The molecule has 0 aliphatic carbocycles. The summed E-state index contributed by atoms with van der Waals surface area (Å²) >= 11 is 0. The first-order valence-corrected chi connectivity index (χ1v) is 8.25. The number of nitrogens with one attached hydrogen (secondary N) is 1. The number of aromatic nitrogens is 4. The summed E-state index contributed by atoms with van der Waals surface area (Å²) in [6.07, 6.45) is 8.23. The molecule has 4 rings (SSSR count). The van der Waals surface area contributed by atoms with Gasteiger partial charge in [-0.3, -0.25) is 0 Å². The molecule has 1 N–H and O–H groups in total. The van der Waals surface area contributed by atoms with Crippen LogP contribution in [-0.4, -0.2) is 32.8 Å². The molecule has 6 heteroatoms. The first-order chi connectivity index (χ1) is 11.8. The molecule has 3 aromatic rings. The SMILES string of the molecule is Cc1cnn(-c2cccc(Nc3ccc(N4CCCC4)cn3)n2)c1. The van der Waals surface area contributed by atoms with E-state index in [1.165, 1.54) is 18.5 Å². The zero-order chi connectivity index (χ0) is 16.4. The van der Waals surface area contributed by atoms with Crippen LogP contribution in [0.3, 0.4) is 0 Å². The predicted octanol–water partition coefficient (Wildman–Crippen LogP) is 3.31. The van der Waals surface area contributed by atoms with E-state index in [4.69, 9.17) is 0 Å². The zero-order valence-electron chi connectivity index (χ0n) is 13.7. The van der Waals surface area contributed by atoms with Crippen LogP contribution in [0.4, 0.5) is 17.3 Å². The highest BCUT2D eigenvalue weighted by molar-refractivity contribution is 5.56. The molecule has 122 valence electrons. The van der Waals surface area contributed by atoms with E-state index in [1.54, 1.807) is 4.68 Å². The van der Waals surface area contributed by atoms with Crippen LogP contribution in [0.2, 0.25) is 0 Å². The summed E-state index contributed by atoms with van der Waals surface area (Å²) in [5.41, 5.74) is 2.29. The summed E-state index contributed by atoms with van der Waals surface area (Å²) in [5.74, 6) is 2.32. The maximum absolute atomic E-state index is 4.59. The highest BCUT2D eigenvalue weighted by Gasteiger charge is 2.12. The van der Waals surface area contributed by atoms with Gasteiger partial charge < -0.3 is 10.2 Å². The van der Waals surface area contributed by atoms with Gasteiger partial charge in [0.25, 0.3) is 0 Å². The Morgan fingerprint density at radius 3 is 2.58 bits per heavy atom. The van der Waals surface area contributed by atoms with Crippen LogP contribution < -0.4 is 10.2 Å². The van der Waals surface area contributed by atoms with Crippen LogP contribution >= 0.6 is 0 Å². The van der Waals surface area contributed by atoms with Crippen molar-refractivity contribution in [1.82, 2.24) is 19.7 Å². The van der Waals surface area contributed by atoms with E-state index in [-0.39, 0.29) is 0 Å². The lowest BCUT2D eigenvalue weighted by molar-refractivity contribution is 0.848. The molecule has 1 aliphatic rings. The number of hydrogen-bond donors (Lipinski definition) is 1.